The van der Waals surface area contributed by atoms with Crippen molar-refractivity contribution in [1.29, 1.82) is 5.26 Å². The quantitative estimate of drug-likeness (QED) is 0.535. The molecular formula is C13H25NOSi. The fourth-order valence-corrected chi connectivity index (χ4v) is 4.84. The molecule has 0 aromatic heterocycles. The van der Waals surface area contributed by atoms with E-state index in [2.05, 4.69) is 26.1 Å². The SMILES string of the molecule is CC1CCCCC1O[Si](C)(C)CCCC#N. The van der Waals surface area contributed by atoms with E-state index in [1.165, 1.54) is 25.7 Å². The van der Waals surface area contributed by atoms with Gasteiger partial charge in [0.2, 0.25) is 0 Å². The first kappa shape index (κ1) is 13.7. The minimum Gasteiger partial charge on any atom is -0.414 e. The van der Waals surface area contributed by atoms with Gasteiger partial charge in [-0.1, -0.05) is 19.8 Å². The maximum absolute atomic E-state index is 8.55. The number of hydrogen-bond acceptors (Lipinski definition) is 2. The van der Waals surface area contributed by atoms with Crippen LogP contribution < -0.4 is 0 Å². The minimum absolute atomic E-state index is 0.498. The molecule has 0 N–H and O–H groups in total. The molecule has 0 aromatic rings. The predicted octanol–water partition coefficient (Wildman–Crippen LogP) is 4.09. The number of unbranched alkanes of at least 4 members (excludes halogenated alkanes) is 1. The van der Waals surface area contributed by atoms with E-state index in [9.17, 15) is 0 Å². The lowest BCUT2D eigenvalue weighted by Crippen LogP contribution is -2.39. The van der Waals surface area contributed by atoms with Gasteiger partial charge in [0.25, 0.3) is 0 Å². The van der Waals surface area contributed by atoms with Crippen LogP contribution in [-0.4, -0.2) is 14.4 Å². The summed E-state index contributed by atoms with van der Waals surface area (Å²) >= 11 is 0. The number of nitrogens with zero attached hydrogens (tertiary/aromatic N) is 1. The fourth-order valence-electron chi connectivity index (χ4n) is 2.52. The average molecular weight is 239 g/mol. The molecule has 0 radical (unpaired) electrons. The predicted molar refractivity (Wildman–Crippen MR) is 69.6 cm³/mol. The fraction of sp³-hybridized carbons (Fsp3) is 0.923. The molecule has 0 amide bonds. The number of rotatable bonds is 5. The van der Waals surface area contributed by atoms with Gasteiger partial charge in [0.05, 0.1) is 6.07 Å². The van der Waals surface area contributed by atoms with Crippen molar-refractivity contribution in [3.05, 3.63) is 0 Å². The second kappa shape index (κ2) is 6.41. The van der Waals surface area contributed by atoms with Crippen LogP contribution in [0.2, 0.25) is 19.1 Å². The number of hydrogen-bond donors (Lipinski definition) is 0. The summed E-state index contributed by atoms with van der Waals surface area (Å²) in [5.74, 6) is 0.733. The maximum atomic E-state index is 8.55. The van der Waals surface area contributed by atoms with Crippen LogP contribution >= 0.6 is 0 Å². The molecule has 0 aliphatic heterocycles. The molecule has 1 rings (SSSR count). The molecule has 1 aliphatic carbocycles. The van der Waals surface area contributed by atoms with Crippen LogP contribution in [0.5, 0.6) is 0 Å². The third kappa shape index (κ3) is 4.67. The van der Waals surface area contributed by atoms with Crippen LogP contribution in [0.25, 0.3) is 0 Å². The molecule has 0 aromatic carbocycles. The second-order valence-corrected chi connectivity index (χ2v) is 9.94. The lowest BCUT2D eigenvalue weighted by atomic mass is 9.88. The summed E-state index contributed by atoms with van der Waals surface area (Å²) in [6, 6.07) is 3.35. The average Bonchev–Trinajstić information content (AvgIpc) is 2.21. The molecule has 2 unspecified atom stereocenters. The molecular weight excluding hydrogens is 214 g/mol. The van der Waals surface area contributed by atoms with E-state index in [4.69, 9.17) is 9.69 Å². The zero-order valence-electron chi connectivity index (χ0n) is 11.0. The summed E-state index contributed by atoms with van der Waals surface area (Å²) in [4.78, 5) is 0. The number of nitriles is 1. The summed E-state index contributed by atoms with van der Waals surface area (Å²) in [5.41, 5.74) is 0. The topological polar surface area (TPSA) is 33.0 Å². The van der Waals surface area contributed by atoms with Gasteiger partial charge in [-0.05, 0) is 44.3 Å². The van der Waals surface area contributed by atoms with Gasteiger partial charge in [-0.25, -0.2) is 0 Å². The highest BCUT2D eigenvalue weighted by molar-refractivity contribution is 6.71. The van der Waals surface area contributed by atoms with E-state index >= 15 is 0 Å². The highest BCUT2D eigenvalue weighted by Crippen LogP contribution is 2.30. The Balaban J connectivity index is 2.35. The van der Waals surface area contributed by atoms with Crippen molar-refractivity contribution in [3.8, 4) is 6.07 Å². The van der Waals surface area contributed by atoms with Crippen molar-refractivity contribution in [2.24, 2.45) is 5.92 Å². The summed E-state index contributed by atoms with van der Waals surface area (Å²) in [6.45, 7) is 6.92. The Morgan fingerprint density at radius 3 is 2.62 bits per heavy atom. The van der Waals surface area contributed by atoms with E-state index < -0.39 is 8.32 Å². The van der Waals surface area contributed by atoms with Gasteiger partial charge in [0.1, 0.15) is 0 Å². The van der Waals surface area contributed by atoms with E-state index in [-0.39, 0.29) is 0 Å². The minimum atomic E-state index is -1.52. The zero-order chi connectivity index (χ0) is 12.0. The molecule has 1 saturated carbocycles. The Morgan fingerprint density at radius 1 is 1.31 bits per heavy atom. The molecule has 0 spiro atoms. The van der Waals surface area contributed by atoms with Crippen LogP contribution in [0.4, 0.5) is 0 Å². The van der Waals surface area contributed by atoms with Crippen molar-refractivity contribution in [1.82, 2.24) is 0 Å². The first-order valence-corrected chi connectivity index (χ1v) is 9.71. The zero-order valence-corrected chi connectivity index (χ0v) is 12.0. The van der Waals surface area contributed by atoms with Crippen molar-refractivity contribution in [2.75, 3.05) is 0 Å². The first-order chi connectivity index (χ1) is 7.55. The highest BCUT2D eigenvalue weighted by Gasteiger charge is 2.30. The van der Waals surface area contributed by atoms with Crippen molar-refractivity contribution < 1.29 is 4.43 Å². The molecule has 1 fully saturated rings. The molecule has 2 atom stereocenters. The molecule has 1 aliphatic rings. The molecule has 0 heterocycles. The van der Waals surface area contributed by atoms with Crippen LogP contribution in [0.15, 0.2) is 0 Å². The van der Waals surface area contributed by atoms with Crippen molar-refractivity contribution >= 4 is 8.32 Å². The van der Waals surface area contributed by atoms with Crippen molar-refractivity contribution in [3.63, 3.8) is 0 Å². The van der Waals surface area contributed by atoms with E-state index in [0.29, 0.717) is 12.5 Å². The Bertz CT molecular complexity index is 247. The normalized spacial score (nSPS) is 26.4. The smallest absolute Gasteiger partial charge is 0.187 e. The Morgan fingerprint density at radius 2 is 2.00 bits per heavy atom. The Hall–Kier alpha value is -0.333. The van der Waals surface area contributed by atoms with Gasteiger partial charge >= 0.3 is 0 Å². The monoisotopic (exact) mass is 239 g/mol. The maximum Gasteiger partial charge on any atom is 0.187 e. The van der Waals surface area contributed by atoms with Gasteiger partial charge < -0.3 is 4.43 Å². The highest BCUT2D eigenvalue weighted by atomic mass is 28.4. The van der Waals surface area contributed by atoms with Gasteiger partial charge in [0.15, 0.2) is 8.32 Å². The van der Waals surface area contributed by atoms with E-state index in [0.717, 1.165) is 18.4 Å². The third-order valence-corrected chi connectivity index (χ3v) is 6.07. The summed E-state index contributed by atoms with van der Waals surface area (Å²) < 4.78 is 6.37. The molecule has 0 bridgehead atoms. The van der Waals surface area contributed by atoms with Crippen molar-refractivity contribution in [2.45, 2.75) is 70.7 Å². The van der Waals surface area contributed by atoms with E-state index in [1.54, 1.807) is 0 Å². The lowest BCUT2D eigenvalue weighted by Gasteiger charge is -2.35. The Labute approximate surface area is 101 Å². The molecule has 2 nitrogen and oxygen atoms in total. The van der Waals surface area contributed by atoms with Gasteiger partial charge in [-0.15, -0.1) is 0 Å². The lowest BCUT2D eigenvalue weighted by molar-refractivity contribution is 0.0939. The molecule has 0 saturated heterocycles. The third-order valence-electron chi connectivity index (χ3n) is 3.57. The summed E-state index contributed by atoms with van der Waals surface area (Å²) in [7, 11) is -1.52. The molecule has 92 valence electrons. The standard InChI is InChI=1S/C13H25NOSi/c1-12-8-4-5-9-13(12)15-16(2,3)11-7-6-10-14/h12-13H,4-9,11H2,1-3H3. The van der Waals surface area contributed by atoms with Gasteiger partial charge in [-0.2, -0.15) is 5.26 Å². The van der Waals surface area contributed by atoms with Crippen LogP contribution in [0.1, 0.15) is 45.4 Å². The van der Waals surface area contributed by atoms with Crippen LogP contribution in [-0.2, 0) is 4.43 Å². The van der Waals surface area contributed by atoms with Gasteiger partial charge in [-0.3, -0.25) is 0 Å². The second-order valence-electron chi connectivity index (χ2n) is 5.69. The van der Waals surface area contributed by atoms with E-state index in [1.807, 2.05) is 0 Å². The molecule has 3 heteroatoms. The summed E-state index contributed by atoms with van der Waals surface area (Å²) in [5, 5.41) is 8.55. The summed E-state index contributed by atoms with van der Waals surface area (Å²) in [6.07, 6.45) is 7.47. The Kier molecular flexibility index (Phi) is 5.50. The van der Waals surface area contributed by atoms with Gasteiger partial charge in [0, 0.05) is 12.5 Å². The molecule has 16 heavy (non-hydrogen) atoms. The van der Waals surface area contributed by atoms with Crippen LogP contribution in [0.3, 0.4) is 0 Å². The first-order valence-electron chi connectivity index (χ1n) is 6.60. The largest absolute Gasteiger partial charge is 0.414 e. The van der Waals surface area contributed by atoms with Crippen LogP contribution in [0, 0.1) is 17.2 Å².